The van der Waals surface area contributed by atoms with Crippen molar-refractivity contribution >= 4 is 11.7 Å². The molecule has 9 nitrogen and oxygen atoms in total. The number of carbonyl (C=O) groups excluding carboxylic acids is 1. The lowest BCUT2D eigenvalue weighted by molar-refractivity contribution is 0.0730. The van der Waals surface area contributed by atoms with Crippen molar-refractivity contribution in [3.05, 3.63) is 34.5 Å². The van der Waals surface area contributed by atoms with Crippen LogP contribution in [0.5, 0.6) is 17.5 Å². The number of nitrogens with zero attached hydrogens (tertiary/aromatic N) is 3. The molecule has 0 saturated heterocycles. The highest BCUT2D eigenvalue weighted by Crippen LogP contribution is 2.35. The Balaban J connectivity index is 1.60. The minimum absolute atomic E-state index is 0.0108. The number of fused-ring (bicyclic) bond motifs is 1. The molecular formula is C23H30N4O5. The van der Waals surface area contributed by atoms with Crippen molar-refractivity contribution in [2.45, 2.75) is 51.6 Å². The Labute approximate surface area is 187 Å². The SMILES string of the molecule is COCCOc1nc2c(c(NC3CC3)n1)CN(C(=O)c1cc(C(C)C)c(O)cc1O)CC2. The summed E-state index contributed by atoms with van der Waals surface area (Å²) in [6, 6.07) is 3.51. The number of methoxy groups -OCH3 is 1. The lowest BCUT2D eigenvalue weighted by Gasteiger charge is -2.30. The van der Waals surface area contributed by atoms with Gasteiger partial charge in [0.05, 0.1) is 24.4 Å². The van der Waals surface area contributed by atoms with Gasteiger partial charge in [0, 0.05) is 37.7 Å². The van der Waals surface area contributed by atoms with E-state index in [9.17, 15) is 15.0 Å². The second-order valence-corrected chi connectivity index (χ2v) is 8.60. The zero-order valence-electron chi connectivity index (χ0n) is 18.7. The number of anilines is 1. The average Bonchev–Trinajstić information content (AvgIpc) is 3.57. The van der Waals surface area contributed by atoms with Gasteiger partial charge in [-0.1, -0.05) is 13.8 Å². The average molecular weight is 443 g/mol. The molecule has 172 valence electrons. The van der Waals surface area contributed by atoms with Crippen LogP contribution in [-0.2, 0) is 17.7 Å². The fraction of sp³-hybridized carbons (Fsp3) is 0.522. The maximum atomic E-state index is 13.3. The maximum Gasteiger partial charge on any atom is 0.318 e. The van der Waals surface area contributed by atoms with E-state index >= 15 is 0 Å². The van der Waals surface area contributed by atoms with Crippen molar-refractivity contribution < 1.29 is 24.5 Å². The summed E-state index contributed by atoms with van der Waals surface area (Å²) in [5.74, 6) is 0.192. The van der Waals surface area contributed by atoms with Crippen molar-refractivity contribution in [2.24, 2.45) is 0 Å². The van der Waals surface area contributed by atoms with Gasteiger partial charge in [0.1, 0.15) is 23.9 Å². The summed E-state index contributed by atoms with van der Waals surface area (Å²) in [7, 11) is 1.61. The third-order valence-electron chi connectivity index (χ3n) is 5.76. The number of aromatic hydroxyl groups is 2. The normalized spacial score (nSPS) is 15.6. The van der Waals surface area contributed by atoms with Crippen LogP contribution < -0.4 is 10.1 Å². The monoisotopic (exact) mass is 442 g/mol. The Morgan fingerprint density at radius 2 is 2.00 bits per heavy atom. The number of ether oxygens (including phenoxy) is 2. The number of carbonyl (C=O) groups is 1. The third kappa shape index (κ3) is 4.72. The quantitative estimate of drug-likeness (QED) is 0.535. The van der Waals surface area contributed by atoms with Gasteiger partial charge in [-0.2, -0.15) is 9.97 Å². The molecule has 1 aliphatic heterocycles. The second-order valence-electron chi connectivity index (χ2n) is 8.60. The summed E-state index contributed by atoms with van der Waals surface area (Å²) < 4.78 is 10.7. The smallest absolute Gasteiger partial charge is 0.318 e. The number of nitrogens with one attached hydrogen (secondary N) is 1. The van der Waals surface area contributed by atoms with E-state index in [-0.39, 0.29) is 28.9 Å². The molecule has 9 heteroatoms. The van der Waals surface area contributed by atoms with Gasteiger partial charge in [-0.15, -0.1) is 0 Å². The highest BCUT2D eigenvalue weighted by Gasteiger charge is 2.30. The van der Waals surface area contributed by atoms with Crippen LogP contribution in [0, 0.1) is 0 Å². The number of aromatic nitrogens is 2. The topological polar surface area (TPSA) is 117 Å². The number of phenolic OH excluding ortho intramolecular Hbond substituents is 2. The minimum Gasteiger partial charge on any atom is -0.508 e. The summed E-state index contributed by atoms with van der Waals surface area (Å²) in [4.78, 5) is 24.1. The van der Waals surface area contributed by atoms with Crippen molar-refractivity contribution in [3.8, 4) is 17.5 Å². The van der Waals surface area contributed by atoms with Crippen LogP contribution in [0.25, 0.3) is 0 Å². The molecule has 2 aromatic rings. The maximum absolute atomic E-state index is 13.3. The van der Waals surface area contributed by atoms with Crippen molar-refractivity contribution in [2.75, 3.05) is 32.2 Å². The van der Waals surface area contributed by atoms with Gasteiger partial charge in [-0.05, 0) is 30.4 Å². The highest BCUT2D eigenvalue weighted by molar-refractivity contribution is 5.97. The molecule has 0 spiro atoms. The molecule has 0 bridgehead atoms. The number of phenols is 2. The van der Waals surface area contributed by atoms with E-state index in [0.29, 0.717) is 56.2 Å². The molecule has 32 heavy (non-hydrogen) atoms. The molecule has 4 rings (SSSR count). The molecule has 1 aromatic carbocycles. The Morgan fingerprint density at radius 3 is 2.69 bits per heavy atom. The summed E-state index contributed by atoms with van der Waals surface area (Å²) in [5.41, 5.74) is 2.54. The van der Waals surface area contributed by atoms with Crippen LogP contribution >= 0.6 is 0 Å². The summed E-state index contributed by atoms with van der Waals surface area (Å²) in [6.07, 6.45) is 2.72. The molecule has 2 heterocycles. The second kappa shape index (κ2) is 9.20. The summed E-state index contributed by atoms with van der Waals surface area (Å²) in [5, 5.41) is 23.9. The van der Waals surface area contributed by atoms with Crippen LogP contribution in [-0.4, -0.2) is 63.9 Å². The Bertz CT molecular complexity index is 1010. The van der Waals surface area contributed by atoms with Crippen LogP contribution in [0.2, 0.25) is 0 Å². The molecule has 1 fully saturated rings. The molecule has 1 saturated carbocycles. The largest absolute Gasteiger partial charge is 0.508 e. The predicted molar refractivity (Wildman–Crippen MR) is 118 cm³/mol. The van der Waals surface area contributed by atoms with Crippen LogP contribution in [0.3, 0.4) is 0 Å². The van der Waals surface area contributed by atoms with Crippen molar-refractivity contribution in [1.82, 2.24) is 14.9 Å². The molecule has 3 N–H and O–H groups in total. The van der Waals surface area contributed by atoms with Gasteiger partial charge in [-0.25, -0.2) is 0 Å². The van der Waals surface area contributed by atoms with E-state index in [1.807, 2.05) is 13.8 Å². The van der Waals surface area contributed by atoms with E-state index < -0.39 is 0 Å². The number of hydrogen-bond donors (Lipinski definition) is 3. The van der Waals surface area contributed by atoms with Gasteiger partial charge in [0.15, 0.2) is 0 Å². The molecule has 0 radical (unpaired) electrons. The lowest BCUT2D eigenvalue weighted by atomic mass is 9.97. The van der Waals surface area contributed by atoms with Gasteiger partial charge < -0.3 is 29.9 Å². The molecule has 1 aromatic heterocycles. The van der Waals surface area contributed by atoms with Crippen LogP contribution in [0.4, 0.5) is 5.82 Å². The summed E-state index contributed by atoms with van der Waals surface area (Å²) >= 11 is 0. The Morgan fingerprint density at radius 1 is 1.22 bits per heavy atom. The third-order valence-corrected chi connectivity index (χ3v) is 5.76. The fourth-order valence-electron chi connectivity index (χ4n) is 3.78. The zero-order chi connectivity index (χ0) is 22.8. The first-order valence-electron chi connectivity index (χ1n) is 11.0. The first kappa shape index (κ1) is 22.1. The van der Waals surface area contributed by atoms with E-state index in [1.165, 1.54) is 6.07 Å². The van der Waals surface area contributed by atoms with Crippen LogP contribution in [0.15, 0.2) is 12.1 Å². The molecule has 2 aliphatic rings. The number of rotatable bonds is 8. The number of amides is 1. The summed E-state index contributed by atoms with van der Waals surface area (Å²) in [6.45, 7) is 5.46. The van der Waals surface area contributed by atoms with E-state index in [1.54, 1.807) is 18.1 Å². The van der Waals surface area contributed by atoms with E-state index in [4.69, 9.17) is 9.47 Å². The minimum atomic E-state index is -0.284. The Hall–Kier alpha value is -3.07. The fourth-order valence-corrected chi connectivity index (χ4v) is 3.78. The van der Waals surface area contributed by atoms with E-state index in [2.05, 4.69) is 15.3 Å². The molecular weight excluding hydrogens is 412 g/mol. The Kier molecular flexibility index (Phi) is 6.36. The van der Waals surface area contributed by atoms with E-state index in [0.717, 1.165) is 24.1 Å². The molecule has 0 atom stereocenters. The molecule has 1 aliphatic carbocycles. The van der Waals surface area contributed by atoms with Crippen molar-refractivity contribution in [3.63, 3.8) is 0 Å². The molecule has 0 unspecified atom stereocenters. The predicted octanol–water partition coefficient (Wildman–Crippen LogP) is 2.81. The van der Waals surface area contributed by atoms with Gasteiger partial charge in [0.2, 0.25) is 0 Å². The molecule has 1 amide bonds. The number of benzene rings is 1. The van der Waals surface area contributed by atoms with Gasteiger partial charge >= 0.3 is 6.01 Å². The highest BCUT2D eigenvalue weighted by atomic mass is 16.5. The van der Waals surface area contributed by atoms with Gasteiger partial charge in [-0.3, -0.25) is 4.79 Å². The first-order chi connectivity index (χ1) is 15.4. The van der Waals surface area contributed by atoms with Gasteiger partial charge in [0.25, 0.3) is 5.91 Å². The first-order valence-corrected chi connectivity index (χ1v) is 11.0. The van der Waals surface area contributed by atoms with Crippen LogP contribution in [0.1, 0.15) is 59.8 Å². The zero-order valence-corrected chi connectivity index (χ0v) is 18.7. The standard InChI is InChI=1S/C23H30N4O5/c1-13(2)15-10-16(20(29)11-19(15)28)22(30)27-7-6-18-17(12-27)21(24-14-4-5-14)26-23(25-18)32-9-8-31-3/h10-11,13-14,28-29H,4-9,12H2,1-3H3,(H,24,25,26). The van der Waals surface area contributed by atoms with Crippen molar-refractivity contribution in [1.29, 1.82) is 0 Å². The number of hydrogen-bond acceptors (Lipinski definition) is 8. The lowest BCUT2D eigenvalue weighted by Crippen LogP contribution is -2.37.